The molecule has 0 unspecified atom stereocenters. The monoisotopic (exact) mass is 320 g/mol. The fourth-order valence-electron chi connectivity index (χ4n) is 2.98. The zero-order valence-electron chi connectivity index (χ0n) is 13.5. The lowest BCUT2D eigenvalue weighted by Crippen LogP contribution is -2.44. The van der Waals surface area contributed by atoms with Gasteiger partial charge in [-0.2, -0.15) is 0 Å². The van der Waals surface area contributed by atoms with Crippen molar-refractivity contribution in [2.24, 2.45) is 0 Å². The molecule has 2 heterocycles. The van der Waals surface area contributed by atoms with E-state index in [1.54, 1.807) is 6.33 Å². The van der Waals surface area contributed by atoms with Crippen molar-refractivity contribution in [2.45, 2.75) is 6.61 Å². The number of ether oxygens (including phenoxy) is 1. The summed E-state index contributed by atoms with van der Waals surface area (Å²) in [6.45, 7) is 4.48. The second-order valence-corrected chi connectivity index (χ2v) is 5.89. The van der Waals surface area contributed by atoms with Crippen molar-refractivity contribution in [2.75, 3.05) is 31.1 Å². The van der Waals surface area contributed by atoms with Crippen LogP contribution in [0, 0.1) is 0 Å². The molecule has 1 aliphatic rings. The topological polar surface area (TPSA) is 50.3 Å². The Balaban J connectivity index is 1.57. The summed E-state index contributed by atoms with van der Waals surface area (Å²) in [5.41, 5.74) is 2.07. The van der Waals surface area contributed by atoms with Crippen molar-refractivity contribution < 1.29 is 4.74 Å². The summed E-state index contributed by atoms with van der Waals surface area (Å²) in [6, 6.07) is 16.2. The predicted octanol–water partition coefficient (Wildman–Crippen LogP) is 2.62. The third-order valence-corrected chi connectivity index (χ3v) is 4.25. The fourth-order valence-corrected chi connectivity index (χ4v) is 2.98. The molecule has 0 bridgehead atoms. The summed E-state index contributed by atoms with van der Waals surface area (Å²) in [4.78, 5) is 11.2. The minimum absolute atomic E-state index is 0.558. The third-order valence-electron chi connectivity index (χ3n) is 4.25. The molecule has 0 radical (unpaired) electrons. The maximum Gasteiger partial charge on any atom is 0.139 e. The number of piperazine rings is 1. The predicted molar refractivity (Wildman–Crippen MR) is 95.4 cm³/mol. The average Bonchev–Trinajstić information content (AvgIpc) is 2.67. The fraction of sp³-hybridized carbons (Fsp3) is 0.263. The molecule has 1 saturated heterocycles. The van der Waals surface area contributed by atoms with Crippen LogP contribution in [0.2, 0.25) is 0 Å². The quantitative estimate of drug-likeness (QED) is 0.801. The van der Waals surface area contributed by atoms with Crippen molar-refractivity contribution in [3.05, 3.63) is 60.4 Å². The lowest BCUT2D eigenvalue weighted by atomic mass is 10.2. The third kappa shape index (κ3) is 3.16. The standard InChI is InChI=1S/C19H20N4O/c1-2-4-15(5-3-1)13-24-16-6-7-17-18(12-16)21-14-22-19(17)23-10-8-20-9-11-23/h1-7,12,14,20H,8-11,13H2. The van der Waals surface area contributed by atoms with Crippen molar-refractivity contribution >= 4 is 16.7 Å². The Morgan fingerprint density at radius 3 is 2.67 bits per heavy atom. The zero-order chi connectivity index (χ0) is 16.2. The number of hydrogen-bond donors (Lipinski definition) is 1. The summed E-state index contributed by atoms with van der Waals surface area (Å²) in [5, 5.41) is 4.44. The first-order valence-corrected chi connectivity index (χ1v) is 8.27. The number of aromatic nitrogens is 2. The molecule has 0 spiro atoms. The molecule has 3 aromatic rings. The lowest BCUT2D eigenvalue weighted by Gasteiger charge is -2.29. The molecule has 1 fully saturated rings. The highest BCUT2D eigenvalue weighted by atomic mass is 16.5. The van der Waals surface area contributed by atoms with Crippen LogP contribution in [0.3, 0.4) is 0 Å². The van der Waals surface area contributed by atoms with Gasteiger partial charge in [-0.25, -0.2) is 9.97 Å². The van der Waals surface area contributed by atoms with Crippen LogP contribution >= 0.6 is 0 Å². The summed E-state index contributed by atoms with van der Waals surface area (Å²) >= 11 is 0. The second-order valence-electron chi connectivity index (χ2n) is 5.89. The molecule has 5 heteroatoms. The van der Waals surface area contributed by atoms with E-state index in [-0.39, 0.29) is 0 Å². The maximum absolute atomic E-state index is 5.90. The number of hydrogen-bond acceptors (Lipinski definition) is 5. The van der Waals surface area contributed by atoms with Crippen molar-refractivity contribution in [3.8, 4) is 5.75 Å². The number of nitrogens with zero attached hydrogens (tertiary/aromatic N) is 3. The highest BCUT2D eigenvalue weighted by molar-refractivity contribution is 5.90. The number of anilines is 1. The van der Waals surface area contributed by atoms with E-state index >= 15 is 0 Å². The van der Waals surface area contributed by atoms with Gasteiger partial charge in [0.2, 0.25) is 0 Å². The van der Waals surface area contributed by atoms with E-state index in [1.807, 2.05) is 30.3 Å². The van der Waals surface area contributed by atoms with Crippen LogP contribution in [0.25, 0.3) is 10.9 Å². The molecule has 2 aromatic carbocycles. The van der Waals surface area contributed by atoms with Gasteiger partial charge < -0.3 is 15.0 Å². The molecule has 122 valence electrons. The summed E-state index contributed by atoms with van der Waals surface area (Å²) in [6.07, 6.45) is 1.64. The van der Waals surface area contributed by atoms with Gasteiger partial charge >= 0.3 is 0 Å². The van der Waals surface area contributed by atoms with Gasteiger partial charge in [-0.3, -0.25) is 0 Å². The normalized spacial score (nSPS) is 14.8. The van der Waals surface area contributed by atoms with E-state index < -0.39 is 0 Å². The van der Waals surface area contributed by atoms with Gasteiger partial charge in [-0.15, -0.1) is 0 Å². The molecule has 24 heavy (non-hydrogen) atoms. The Kier molecular flexibility index (Phi) is 4.25. The molecular weight excluding hydrogens is 300 g/mol. The molecule has 5 nitrogen and oxygen atoms in total. The molecule has 4 rings (SSSR count). The molecular formula is C19H20N4O. The van der Waals surface area contributed by atoms with E-state index in [9.17, 15) is 0 Å². The van der Waals surface area contributed by atoms with E-state index in [2.05, 4.69) is 38.4 Å². The Labute approximate surface area is 141 Å². The number of fused-ring (bicyclic) bond motifs is 1. The molecule has 0 aliphatic carbocycles. The Morgan fingerprint density at radius 2 is 1.83 bits per heavy atom. The Hall–Kier alpha value is -2.66. The van der Waals surface area contributed by atoms with E-state index in [0.717, 1.165) is 54.2 Å². The summed E-state index contributed by atoms with van der Waals surface area (Å²) < 4.78 is 5.90. The van der Waals surface area contributed by atoms with Gasteiger partial charge in [0.25, 0.3) is 0 Å². The van der Waals surface area contributed by atoms with Crippen LogP contribution < -0.4 is 15.0 Å². The van der Waals surface area contributed by atoms with Crippen LogP contribution in [0.1, 0.15) is 5.56 Å². The first-order valence-electron chi connectivity index (χ1n) is 8.27. The minimum atomic E-state index is 0.558. The van der Waals surface area contributed by atoms with Crippen molar-refractivity contribution in [3.63, 3.8) is 0 Å². The van der Waals surface area contributed by atoms with Crippen molar-refractivity contribution in [1.29, 1.82) is 0 Å². The smallest absolute Gasteiger partial charge is 0.139 e. The summed E-state index contributed by atoms with van der Waals surface area (Å²) in [5.74, 6) is 1.84. The van der Waals surface area contributed by atoms with Gasteiger partial charge in [-0.05, 0) is 17.7 Å². The first-order chi connectivity index (χ1) is 11.9. The van der Waals surface area contributed by atoms with Gasteiger partial charge in [0, 0.05) is 37.6 Å². The number of nitrogens with one attached hydrogen (secondary N) is 1. The SMILES string of the molecule is c1ccc(COc2ccc3c(N4CCNCC4)ncnc3c2)cc1. The van der Waals surface area contributed by atoms with E-state index in [0.29, 0.717) is 6.61 Å². The zero-order valence-corrected chi connectivity index (χ0v) is 13.5. The van der Waals surface area contributed by atoms with Crippen LogP contribution in [0.4, 0.5) is 5.82 Å². The van der Waals surface area contributed by atoms with E-state index in [1.165, 1.54) is 0 Å². The largest absolute Gasteiger partial charge is 0.489 e. The van der Waals surface area contributed by atoms with Crippen LogP contribution in [0.15, 0.2) is 54.9 Å². The molecule has 0 atom stereocenters. The van der Waals surface area contributed by atoms with Gasteiger partial charge in [-0.1, -0.05) is 30.3 Å². The number of benzene rings is 2. The van der Waals surface area contributed by atoms with Gasteiger partial charge in [0.1, 0.15) is 24.5 Å². The molecule has 0 amide bonds. The average molecular weight is 320 g/mol. The van der Waals surface area contributed by atoms with Crippen LogP contribution in [-0.2, 0) is 6.61 Å². The summed E-state index contributed by atoms with van der Waals surface area (Å²) in [7, 11) is 0. The maximum atomic E-state index is 5.90. The Bertz CT molecular complexity index is 816. The highest BCUT2D eigenvalue weighted by Crippen LogP contribution is 2.26. The lowest BCUT2D eigenvalue weighted by molar-refractivity contribution is 0.306. The van der Waals surface area contributed by atoms with E-state index in [4.69, 9.17) is 4.74 Å². The molecule has 1 aromatic heterocycles. The second kappa shape index (κ2) is 6.84. The first kappa shape index (κ1) is 14.9. The molecule has 1 N–H and O–H groups in total. The van der Waals surface area contributed by atoms with Gasteiger partial charge in [0.15, 0.2) is 0 Å². The number of rotatable bonds is 4. The minimum Gasteiger partial charge on any atom is -0.489 e. The molecule has 0 saturated carbocycles. The van der Waals surface area contributed by atoms with Crippen LogP contribution in [0.5, 0.6) is 5.75 Å². The van der Waals surface area contributed by atoms with Crippen molar-refractivity contribution in [1.82, 2.24) is 15.3 Å². The van der Waals surface area contributed by atoms with Crippen LogP contribution in [-0.4, -0.2) is 36.1 Å². The molecule has 1 aliphatic heterocycles. The van der Waals surface area contributed by atoms with Gasteiger partial charge in [0.05, 0.1) is 5.52 Å². The highest BCUT2D eigenvalue weighted by Gasteiger charge is 2.15. The Morgan fingerprint density at radius 1 is 1.00 bits per heavy atom.